The molecule has 2 rings (SSSR count). The highest BCUT2D eigenvalue weighted by Crippen LogP contribution is 2.23. The van der Waals surface area contributed by atoms with Crippen molar-refractivity contribution in [2.75, 3.05) is 11.2 Å². The zero-order chi connectivity index (χ0) is 15.6. The third-order valence-corrected chi connectivity index (χ3v) is 2.70. The molecule has 0 aliphatic heterocycles. The number of nitrogens with zero attached hydrogens (tertiary/aromatic N) is 3. The summed E-state index contributed by atoms with van der Waals surface area (Å²) < 4.78 is 40.7. The fourth-order valence-corrected chi connectivity index (χ4v) is 1.63. The number of hydrogen-bond acceptors (Lipinski definition) is 3. The number of benzene rings is 1. The van der Waals surface area contributed by atoms with Crippen LogP contribution >= 0.6 is 11.6 Å². The number of aromatic nitrogens is 2. The van der Waals surface area contributed by atoms with E-state index in [-0.39, 0.29) is 17.4 Å². The minimum Gasteiger partial charge on any atom is -0.310 e. The molecule has 1 aromatic heterocycles. The highest BCUT2D eigenvalue weighted by molar-refractivity contribution is 6.29. The lowest BCUT2D eigenvalue weighted by Crippen LogP contribution is -2.16. The van der Waals surface area contributed by atoms with E-state index >= 15 is 0 Å². The predicted octanol–water partition coefficient (Wildman–Crippen LogP) is 2.34. The SMILES string of the molecule is N#Cc1cc(NC(=O)CCl)n(-c2ccc(F)c(F)c2F)n1. The van der Waals surface area contributed by atoms with Crippen LogP contribution in [0, 0.1) is 28.8 Å². The standard InChI is InChI=1S/C12H6ClF3N4O/c13-4-10(21)18-9-3-6(5-17)19-20(9)8-2-1-7(14)11(15)12(8)16/h1-3H,4H2,(H,18,21). The molecule has 1 N–H and O–H groups in total. The maximum atomic E-state index is 13.8. The molecule has 0 radical (unpaired) electrons. The van der Waals surface area contributed by atoms with Crippen LogP contribution in [0.3, 0.4) is 0 Å². The summed E-state index contributed by atoms with van der Waals surface area (Å²) in [6.45, 7) is 0. The average molecular weight is 315 g/mol. The Morgan fingerprint density at radius 3 is 2.71 bits per heavy atom. The number of nitrogens with one attached hydrogen (secondary N) is 1. The molecular weight excluding hydrogens is 309 g/mol. The molecular formula is C12H6ClF3N4O. The monoisotopic (exact) mass is 314 g/mol. The van der Waals surface area contributed by atoms with E-state index in [1.54, 1.807) is 6.07 Å². The minimum atomic E-state index is -1.68. The van der Waals surface area contributed by atoms with E-state index in [1.807, 2.05) is 0 Å². The van der Waals surface area contributed by atoms with Crippen LogP contribution in [0.15, 0.2) is 18.2 Å². The fourth-order valence-electron chi connectivity index (χ4n) is 1.56. The lowest BCUT2D eigenvalue weighted by molar-refractivity contribution is -0.114. The highest BCUT2D eigenvalue weighted by Gasteiger charge is 2.19. The van der Waals surface area contributed by atoms with Gasteiger partial charge in [-0.1, -0.05) is 0 Å². The molecule has 0 saturated carbocycles. The van der Waals surface area contributed by atoms with Crippen LogP contribution in [-0.4, -0.2) is 21.6 Å². The van der Waals surface area contributed by atoms with E-state index in [4.69, 9.17) is 16.9 Å². The Morgan fingerprint density at radius 1 is 1.38 bits per heavy atom. The summed E-state index contributed by atoms with van der Waals surface area (Å²) in [4.78, 5) is 11.3. The molecule has 21 heavy (non-hydrogen) atoms. The zero-order valence-corrected chi connectivity index (χ0v) is 11.0. The number of hydrogen-bond donors (Lipinski definition) is 1. The largest absolute Gasteiger partial charge is 0.310 e. The van der Waals surface area contributed by atoms with Crippen molar-refractivity contribution in [1.82, 2.24) is 9.78 Å². The molecule has 5 nitrogen and oxygen atoms in total. The van der Waals surface area contributed by atoms with Crippen LogP contribution in [0.4, 0.5) is 19.0 Å². The van der Waals surface area contributed by atoms with Gasteiger partial charge in [0.05, 0.1) is 0 Å². The molecule has 0 aliphatic carbocycles. The number of nitriles is 1. The van der Waals surface area contributed by atoms with E-state index < -0.39 is 29.0 Å². The van der Waals surface area contributed by atoms with Crippen LogP contribution in [0.25, 0.3) is 5.69 Å². The first-order chi connectivity index (χ1) is 9.97. The van der Waals surface area contributed by atoms with E-state index in [0.717, 1.165) is 16.8 Å². The summed E-state index contributed by atoms with van der Waals surface area (Å²) in [5.41, 5.74) is -0.607. The van der Waals surface area contributed by atoms with Crippen LogP contribution < -0.4 is 5.32 Å². The number of carbonyl (C=O) groups excluding carboxylic acids is 1. The molecule has 2 aromatic rings. The lowest BCUT2D eigenvalue weighted by Gasteiger charge is -2.09. The zero-order valence-electron chi connectivity index (χ0n) is 10.2. The van der Waals surface area contributed by atoms with Crippen molar-refractivity contribution in [3.05, 3.63) is 41.3 Å². The summed E-state index contributed by atoms with van der Waals surface area (Å²) in [6, 6.07) is 4.46. The first-order valence-corrected chi connectivity index (χ1v) is 6.01. The van der Waals surface area contributed by atoms with Crippen molar-refractivity contribution in [3.8, 4) is 11.8 Å². The van der Waals surface area contributed by atoms with Crippen molar-refractivity contribution in [1.29, 1.82) is 5.26 Å². The van der Waals surface area contributed by atoms with E-state index in [9.17, 15) is 18.0 Å². The van der Waals surface area contributed by atoms with Gasteiger partial charge in [-0.15, -0.1) is 11.6 Å². The van der Waals surface area contributed by atoms with Crippen molar-refractivity contribution in [2.45, 2.75) is 0 Å². The normalized spacial score (nSPS) is 10.2. The number of halogens is 4. The summed E-state index contributed by atoms with van der Waals surface area (Å²) in [6.07, 6.45) is 0. The van der Waals surface area contributed by atoms with Crippen LogP contribution in [-0.2, 0) is 4.79 Å². The fraction of sp³-hybridized carbons (Fsp3) is 0.0833. The first-order valence-electron chi connectivity index (χ1n) is 5.47. The first kappa shape index (κ1) is 14.9. The Hall–Kier alpha value is -2.53. The number of anilines is 1. The van der Waals surface area contributed by atoms with Gasteiger partial charge < -0.3 is 5.32 Å². The molecule has 9 heteroatoms. The molecule has 0 atom stereocenters. The molecule has 0 fully saturated rings. The average Bonchev–Trinajstić information content (AvgIpc) is 2.87. The van der Waals surface area contributed by atoms with Crippen molar-refractivity contribution < 1.29 is 18.0 Å². The Morgan fingerprint density at radius 2 is 2.10 bits per heavy atom. The summed E-state index contributed by atoms with van der Waals surface area (Å²) in [7, 11) is 0. The van der Waals surface area contributed by atoms with Gasteiger partial charge in [0, 0.05) is 6.07 Å². The quantitative estimate of drug-likeness (QED) is 0.698. The van der Waals surface area contributed by atoms with Gasteiger partial charge in [0.15, 0.2) is 23.1 Å². The highest BCUT2D eigenvalue weighted by atomic mass is 35.5. The molecule has 0 aliphatic rings. The van der Waals surface area contributed by atoms with Gasteiger partial charge in [0.2, 0.25) is 5.91 Å². The number of alkyl halides is 1. The molecule has 108 valence electrons. The molecule has 0 unspecified atom stereocenters. The maximum absolute atomic E-state index is 13.8. The Balaban J connectivity index is 2.58. The predicted molar refractivity (Wildman–Crippen MR) is 67.5 cm³/mol. The summed E-state index contributed by atoms with van der Waals surface area (Å²) >= 11 is 5.33. The Kier molecular flexibility index (Phi) is 4.14. The van der Waals surface area contributed by atoms with E-state index in [0.29, 0.717) is 6.07 Å². The molecule has 1 heterocycles. The lowest BCUT2D eigenvalue weighted by atomic mass is 10.3. The minimum absolute atomic E-state index is 0.0953. The molecule has 0 bridgehead atoms. The van der Waals surface area contributed by atoms with Gasteiger partial charge >= 0.3 is 0 Å². The van der Waals surface area contributed by atoms with Gasteiger partial charge in [-0.3, -0.25) is 4.79 Å². The number of amides is 1. The van der Waals surface area contributed by atoms with Gasteiger partial charge in [-0.2, -0.15) is 10.4 Å². The Labute approximate surface area is 121 Å². The van der Waals surface area contributed by atoms with Gasteiger partial charge in [0.1, 0.15) is 23.5 Å². The number of carbonyl (C=O) groups is 1. The summed E-state index contributed by atoms with van der Waals surface area (Å²) in [5, 5.41) is 14.7. The van der Waals surface area contributed by atoms with Gasteiger partial charge in [0.25, 0.3) is 0 Å². The molecule has 0 saturated heterocycles. The van der Waals surface area contributed by atoms with Crippen LogP contribution in [0.1, 0.15) is 5.69 Å². The Bertz CT molecular complexity index is 754. The van der Waals surface area contributed by atoms with E-state index in [1.165, 1.54) is 0 Å². The van der Waals surface area contributed by atoms with Crippen molar-refractivity contribution in [3.63, 3.8) is 0 Å². The smallest absolute Gasteiger partial charge is 0.240 e. The second kappa shape index (κ2) is 5.85. The van der Waals surface area contributed by atoms with Crippen LogP contribution in [0.2, 0.25) is 0 Å². The summed E-state index contributed by atoms with van der Waals surface area (Å²) in [5.74, 6) is -5.66. The van der Waals surface area contributed by atoms with Crippen molar-refractivity contribution in [2.24, 2.45) is 0 Å². The molecule has 1 aromatic carbocycles. The molecule has 0 spiro atoms. The van der Waals surface area contributed by atoms with Gasteiger partial charge in [-0.25, -0.2) is 17.9 Å². The van der Waals surface area contributed by atoms with E-state index in [2.05, 4.69) is 10.4 Å². The second-order valence-electron chi connectivity index (χ2n) is 3.81. The van der Waals surface area contributed by atoms with Crippen molar-refractivity contribution >= 4 is 23.3 Å². The van der Waals surface area contributed by atoms with Gasteiger partial charge in [-0.05, 0) is 12.1 Å². The maximum Gasteiger partial charge on any atom is 0.240 e. The number of rotatable bonds is 3. The third kappa shape index (κ3) is 2.83. The topological polar surface area (TPSA) is 70.7 Å². The second-order valence-corrected chi connectivity index (χ2v) is 4.08. The molecule has 1 amide bonds. The van der Waals surface area contributed by atoms with Crippen LogP contribution in [0.5, 0.6) is 0 Å². The third-order valence-electron chi connectivity index (χ3n) is 2.46.